The highest BCUT2D eigenvalue weighted by Gasteiger charge is 2.33. The summed E-state index contributed by atoms with van der Waals surface area (Å²) in [4.78, 5) is 17.6. The smallest absolute Gasteiger partial charge is 0.270 e. The second kappa shape index (κ2) is 7.87. The van der Waals surface area contributed by atoms with E-state index in [1.807, 2.05) is 36.4 Å². The Labute approximate surface area is 170 Å². The van der Waals surface area contributed by atoms with Gasteiger partial charge in [-0.25, -0.2) is 0 Å². The maximum Gasteiger partial charge on any atom is 0.270 e. The van der Waals surface area contributed by atoms with Crippen molar-refractivity contribution in [1.29, 1.82) is 0 Å². The Morgan fingerprint density at radius 2 is 1.78 bits per heavy atom. The van der Waals surface area contributed by atoms with Gasteiger partial charge in [-0.1, -0.05) is 48.2 Å². The summed E-state index contributed by atoms with van der Waals surface area (Å²) in [7, 11) is 0. The Kier molecular flexibility index (Phi) is 5.32. The van der Waals surface area contributed by atoms with Crippen molar-refractivity contribution in [1.82, 2.24) is 0 Å². The van der Waals surface area contributed by atoms with Gasteiger partial charge >= 0.3 is 0 Å². The van der Waals surface area contributed by atoms with Gasteiger partial charge in [0.05, 0.1) is 10.6 Å². The van der Waals surface area contributed by atoms with E-state index in [1.54, 1.807) is 4.90 Å². The van der Waals surface area contributed by atoms with Crippen molar-refractivity contribution in [2.45, 2.75) is 26.2 Å². The molecule has 2 aromatic carbocycles. The third-order valence-electron chi connectivity index (χ3n) is 5.02. The van der Waals surface area contributed by atoms with Crippen molar-refractivity contribution < 1.29 is 4.79 Å². The second-order valence-electron chi connectivity index (χ2n) is 6.95. The van der Waals surface area contributed by atoms with E-state index in [2.05, 4.69) is 30.0 Å². The number of nitrogens with zero attached hydrogens (tertiary/aromatic N) is 2. The average Bonchev–Trinajstić information content (AvgIpc) is 2.96. The number of hydrogen-bond acceptors (Lipinski definition) is 4. The molecule has 4 rings (SSSR count). The molecule has 5 heteroatoms. The molecule has 2 fully saturated rings. The Bertz CT molecular complexity index is 902. The van der Waals surface area contributed by atoms with Crippen LogP contribution in [0.2, 0.25) is 0 Å². The Balaban J connectivity index is 1.57. The van der Waals surface area contributed by atoms with Gasteiger partial charge in [-0.2, -0.15) is 0 Å². The lowest BCUT2D eigenvalue weighted by Gasteiger charge is -2.30. The predicted molar refractivity (Wildman–Crippen MR) is 119 cm³/mol. The van der Waals surface area contributed by atoms with Gasteiger partial charge < -0.3 is 4.90 Å². The first-order valence-corrected chi connectivity index (χ1v) is 10.5. The second-order valence-corrected chi connectivity index (χ2v) is 8.62. The number of anilines is 2. The van der Waals surface area contributed by atoms with E-state index in [9.17, 15) is 4.79 Å². The number of thiocarbonyl (C=S) groups is 1. The van der Waals surface area contributed by atoms with Crippen molar-refractivity contribution in [2.75, 3.05) is 22.9 Å². The standard InChI is InChI=1S/C22H22N2OS2/c1-16-14-17(10-11-19(16)23-12-6-3-7-13-23)15-20-21(25)24(22(26)27-20)18-8-4-2-5-9-18/h2,4-5,8-11,14-15H,3,6-7,12-13H2,1H3/b20-15+. The Morgan fingerprint density at radius 1 is 1.04 bits per heavy atom. The number of thioether (sulfide) groups is 1. The van der Waals surface area contributed by atoms with E-state index in [4.69, 9.17) is 12.2 Å². The van der Waals surface area contributed by atoms with Crippen molar-refractivity contribution >= 4 is 51.7 Å². The molecule has 138 valence electrons. The van der Waals surface area contributed by atoms with Crippen LogP contribution in [0, 0.1) is 6.92 Å². The van der Waals surface area contributed by atoms with Gasteiger partial charge in [-0.05, 0) is 67.7 Å². The fourth-order valence-corrected chi connectivity index (χ4v) is 4.98. The molecule has 2 heterocycles. The van der Waals surface area contributed by atoms with Gasteiger partial charge in [0.1, 0.15) is 0 Å². The third kappa shape index (κ3) is 3.80. The highest BCUT2D eigenvalue weighted by atomic mass is 32.2. The summed E-state index contributed by atoms with van der Waals surface area (Å²) in [6.45, 7) is 4.42. The molecular formula is C22H22N2OS2. The van der Waals surface area contributed by atoms with E-state index < -0.39 is 0 Å². The molecule has 0 aromatic heterocycles. The number of rotatable bonds is 3. The van der Waals surface area contributed by atoms with Gasteiger partial charge in [-0.15, -0.1) is 0 Å². The molecule has 0 bridgehead atoms. The molecule has 0 radical (unpaired) electrons. The maximum atomic E-state index is 12.9. The molecule has 0 aliphatic carbocycles. The first-order valence-electron chi connectivity index (χ1n) is 9.32. The zero-order chi connectivity index (χ0) is 18.8. The summed E-state index contributed by atoms with van der Waals surface area (Å²) in [5.74, 6) is -0.0473. The zero-order valence-electron chi connectivity index (χ0n) is 15.4. The molecule has 1 amide bonds. The van der Waals surface area contributed by atoms with Crippen LogP contribution in [0.25, 0.3) is 6.08 Å². The normalized spacial score (nSPS) is 19.2. The quantitative estimate of drug-likeness (QED) is 0.514. The monoisotopic (exact) mass is 394 g/mol. The molecule has 2 saturated heterocycles. The summed E-state index contributed by atoms with van der Waals surface area (Å²) in [6.07, 6.45) is 5.82. The lowest BCUT2D eigenvalue weighted by Crippen LogP contribution is -2.29. The van der Waals surface area contributed by atoms with E-state index in [1.165, 1.54) is 42.3 Å². The van der Waals surface area contributed by atoms with Gasteiger partial charge in [0.25, 0.3) is 5.91 Å². The van der Waals surface area contributed by atoms with Crippen LogP contribution in [-0.2, 0) is 4.79 Å². The highest BCUT2D eigenvalue weighted by Crippen LogP contribution is 2.36. The third-order valence-corrected chi connectivity index (χ3v) is 6.33. The lowest BCUT2D eigenvalue weighted by atomic mass is 10.1. The maximum absolute atomic E-state index is 12.9. The molecular weight excluding hydrogens is 372 g/mol. The predicted octanol–water partition coefficient (Wildman–Crippen LogP) is 5.39. The van der Waals surface area contributed by atoms with Gasteiger partial charge in [0, 0.05) is 18.8 Å². The number of hydrogen-bond donors (Lipinski definition) is 0. The molecule has 0 saturated carbocycles. The molecule has 0 unspecified atom stereocenters. The van der Waals surface area contributed by atoms with E-state index in [0.29, 0.717) is 9.23 Å². The highest BCUT2D eigenvalue weighted by molar-refractivity contribution is 8.27. The largest absolute Gasteiger partial charge is 0.371 e. The summed E-state index contributed by atoms with van der Waals surface area (Å²) in [5.41, 5.74) is 4.43. The van der Waals surface area contributed by atoms with E-state index in [0.717, 1.165) is 24.3 Å². The fourth-order valence-electron chi connectivity index (χ4n) is 3.68. The first-order chi connectivity index (χ1) is 13.1. The van der Waals surface area contributed by atoms with E-state index >= 15 is 0 Å². The van der Waals surface area contributed by atoms with Crippen LogP contribution in [0.15, 0.2) is 53.4 Å². The van der Waals surface area contributed by atoms with Crippen molar-refractivity contribution in [3.63, 3.8) is 0 Å². The molecule has 27 heavy (non-hydrogen) atoms. The summed E-state index contributed by atoms with van der Waals surface area (Å²) in [5, 5.41) is 0. The lowest BCUT2D eigenvalue weighted by molar-refractivity contribution is -0.113. The van der Waals surface area contributed by atoms with Crippen molar-refractivity contribution in [2.24, 2.45) is 0 Å². The van der Waals surface area contributed by atoms with Crippen LogP contribution in [0.4, 0.5) is 11.4 Å². The van der Waals surface area contributed by atoms with Crippen LogP contribution in [0.3, 0.4) is 0 Å². The van der Waals surface area contributed by atoms with Crippen LogP contribution in [-0.4, -0.2) is 23.3 Å². The number of para-hydroxylation sites is 1. The van der Waals surface area contributed by atoms with Crippen molar-refractivity contribution in [3.05, 3.63) is 64.6 Å². The summed E-state index contributed by atoms with van der Waals surface area (Å²) < 4.78 is 0.583. The topological polar surface area (TPSA) is 23.6 Å². The minimum Gasteiger partial charge on any atom is -0.371 e. The minimum atomic E-state index is -0.0473. The van der Waals surface area contributed by atoms with Gasteiger partial charge in [0.15, 0.2) is 4.32 Å². The van der Waals surface area contributed by atoms with Crippen molar-refractivity contribution in [3.8, 4) is 0 Å². The number of benzene rings is 2. The van der Waals surface area contributed by atoms with Gasteiger partial charge in [-0.3, -0.25) is 9.69 Å². The van der Waals surface area contributed by atoms with E-state index in [-0.39, 0.29) is 5.91 Å². The SMILES string of the molecule is Cc1cc(/C=C2/SC(=S)N(c3ccccc3)C2=O)ccc1N1CCCCC1. The zero-order valence-corrected chi connectivity index (χ0v) is 17.0. The number of amides is 1. The number of carbonyl (C=O) groups excluding carboxylic acids is 1. The van der Waals surface area contributed by atoms with Gasteiger partial charge in [0.2, 0.25) is 0 Å². The molecule has 3 nitrogen and oxygen atoms in total. The fraction of sp³-hybridized carbons (Fsp3) is 0.273. The number of carbonyl (C=O) groups is 1. The Hall–Kier alpha value is -2.11. The van der Waals surface area contributed by atoms with Crippen LogP contribution in [0.5, 0.6) is 0 Å². The molecule has 2 aromatic rings. The summed E-state index contributed by atoms with van der Waals surface area (Å²) >= 11 is 6.81. The molecule has 0 atom stereocenters. The van der Waals surface area contributed by atoms with Crippen LogP contribution >= 0.6 is 24.0 Å². The molecule has 2 aliphatic rings. The Morgan fingerprint density at radius 3 is 2.48 bits per heavy atom. The summed E-state index contributed by atoms with van der Waals surface area (Å²) in [6, 6.07) is 16.0. The molecule has 0 spiro atoms. The van der Waals surface area contributed by atoms with Crippen LogP contribution < -0.4 is 9.80 Å². The average molecular weight is 395 g/mol. The minimum absolute atomic E-state index is 0.0473. The number of aryl methyl sites for hydroxylation is 1. The first kappa shape index (κ1) is 18.3. The number of piperidine rings is 1. The molecule has 0 N–H and O–H groups in total. The van der Waals surface area contributed by atoms with Crippen LogP contribution in [0.1, 0.15) is 30.4 Å². The molecule has 2 aliphatic heterocycles.